The first-order chi connectivity index (χ1) is 9.15. The number of nitrogens with one attached hydrogen (secondary N) is 1. The first-order valence-electron chi connectivity index (χ1n) is 6.60. The number of amides is 1. The highest BCUT2D eigenvalue weighted by molar-refractivity contribution is 14.1. The molecular weight excluding hydrogens is 375 g/mol. The minimum Gasteiger partial charge on any atom is -0.338 e. The fraction of sp³-hybridized carbons (Fsp3) is 0.500. The molecule has 0 bridgehead atoms. The summed E-state index contributed by atoms with van der Waals surface area (Å²) in [5, 5.41) is 4.05. The van der Waals surface area contributed by atoms with Gasteiger partial charge in [0.15, 0.2) is 0 Å². The number of rotatable bonds is 1. The van der Waals surface area contributed by atoms with Crippen LogP contribution < -0.4 is 5.32 Å². The van der Waals surface area contributed by atoms with Crippen LogP contribution in [0, 0.1) is 15.4 Å². The molecule has 0 spiro atoms. The van der Waals surface area contributed by atoms with Gasteiger partial charge in [-0.15, -0.1) is 0 Å². The van der Waals surface area contributed by atoms with E-state index >= 15 is 0 Å². The first-order valence-corrected chi connectivity index (χ1v) is 8.06. The van der Waals surface area contributed by atoms with E-state index in [4.69, 9.17) is 11.6 Å². The van der Waals surface area contributed by atoms with Gasteiger partial charge in [-0.25, -0.2) is 0 Å². The van der Waals surface area contributed by atoms with Crippen LogP contribution in [0.15, 0.2) is 18.2 Å². The maximum Gasteiger partial charge on any atom is 0.254 e. The Bertz CT molecular complexity index is 508. The molecule has 2 fully saturated rings. The van der Waals surface area contributed by atoms with Gasteiger partial charge in [0, 0.05) is 21.7 Å². The summed E-state index contributed by atoms with van der Waals surface area (Å²) in [5.74, 6) is 1.49. The van der Waals surface area contributed by atoms with Crippen molar-refractivity contribution in [3.63, 3.8) is 0 Å². The second-order valence-electron chi connectivity index (χ2n) is 5.34. The predicted octanol–water partition coefficient (Wildman–Crippen LogP) is 2.63. The quantitative estimate of drug-likeness (QED) is 0.748. The Labute approximate surface area is 131 Å². The fourth-order valence-corrected chi connectivity index (χ4v) is 3.79. The van der Waals surface area contributed by atoms with Crippen LogP contribution in [0.5, 0.6) is 0 Å². The number of benzene rings is 1. The van der Waals surface area contributed by atoms with E-state index in [9.17, 15) is 4.79 Å². The summed E-state index contributed by atoms with van der Waals surface area (Å²) in [7, 11) is 0. The Morgan fingerprint density at radius 1 is 1.37 bits per heavy atom. The molecule has 0 saturated carbocycles. The van der Waals surface area contributed by atoms with E-state index in [1.165, 1.54) is 0 Å². The maximum atomic E-state index is 12.6. The zero-order chi connectivity index (χ0) is 13.4. The largest absolute Gasteiger partial charge is 0.338 e. The SMILES string of the molecule is O=C(c1cc(Cl)ccc1I)N1CCC2CNCC2C1. The Morgan fingerprint density at radius 2 is 2.16 bits per heavy atom. The van der Waals surface area contributed by atoms with E-state index in [1.54, 1.807) is 6.07 Å². The number of hydrogen-bond acceptors (Lipinski definition) is 2. The standard InChI is InChI=1S/C14H16ClIN2O/c15-11-1-2-13(16)12(5-11)14(19)18-4-3-9-6-17-7-10(9)8-18/h1-2,5,9-10,17H,3-4,6-8H2. The third-order valence-electron chi connectivity index (χ3n) is 4.15. The molecule has 5 heteroatoms. The lowest BCUT2D eigenvalue weighted by molar-refractivity contribution is 0.0641. The van der Waals surface area contributed by atoms with Gasteiger partial charge in [0.25, 0.3) is 5.91 Å². The summed E-state index contributed by atoms with van der Waals surface area (Å²) < 4.78 is 0.971. The molecule has 2 heterocycles. The molecule has 19 heavy (non-hydrogen) atoms. The molecule has 3 rings (SSSR count). The number of likely N-dealkylation sites (tertiary alicyclic amines) is 1. The third-order valence-corrected chi connectivity index (χ3v) is 5.33. The van der Waals surface area contributed by atoms with E-state index in [2.05, 4.69) is 27.9 Å². The van der Waals surface area contributed by atoms with Crippen LogP contribution in [0.4, 0.5) is 0 Å². The Kier molecular flexibility index (Phi) is 4.01. The van der Waals surface area contributed by atoms with Crippen molar-refractivity contribution < 1.29 is 4.79 Å². The lowest BCUT2D eigenvalue weighted by Crippen LogP contribution is -2.43. The molecular formula is C14H16ClIN2O. The number of fused-ring (bicyclic) bond motifs is 1. The molecule has 102 valence electrons. The summed E-state index contributed by atoms with van der Waals surface area (Å²) >= 11 is 8.21. The maximum absolute atomic E-state index is 12.6. The minimum atomic E-state index is 0.122. The zero-order valence-electron chi connectivity index (χ0n) is 10.5. The molecule has 0 aliphatic carbocycles. The van der Waals surface area contributed by atoms with Crippen molar-refractivity contribution >= 4 is 40.1 Å². The Balaban J connectivity index is 1.78. The molecule has 3 nitrogen and oxygen atoms in total. The number of carbonyl (C=O) groups excluding carboxylic acids is 1. The zero-order valence-corrected chi connectivity index (χ0v) is 13.4. The molecule has 2 unspecified atom stereocenters. The first kappa shape index (κ1) is 13.6. The van der Waals surface area contributed by atoms with Crippen LogP contribution in [0.25, 0.3) is 0 Å². The van der Waals surface area contributed by atoms with Gasteiger partial charge in [-0.3, -0.25) is 4.79 Å². The highest BCUT2D eigenvalue weighted by Crippen LogP contribution is 2.28. The van der Waals surface area contributed by atoms with Crippen molar-refractivity contribution in [2.75, 3.05) is 26.2 Å². The molecule has 0 aromatic heterocycles. The smallest absolute Gasteiger partial charge is 0.254 e. The van der Waals surface area contributed by atoms with Crippen molar-refractivity contribution in [2.45, 2.75) is 6.42 Å². The van der Waals surface area contributed by atoms with Crippen LogP contribution >= 0.6 is 34.2 Å². The second-order valence-corrected chi connectivity index (χ2v) is 6.94. The number of piperidine rings is 1. The second kappa shape index (κ2) is 5.58. The Morgan fingerprint density at radius 3 is 3.00 bits per heavy atom. The highest BCUT2D eigenvalue weighted by Gasteiger charge is 2.35. The van der Waals surface area contributed by atoms with Gasteiger partial charge < -0.3 is 10.2 Å². The minimum absolute atomic E-state index is 0.122. The Hall–Kier alpha value is -0.330. The van der Waals surface area contributed by atoms with Crippen LogP contribution in [0.1, 0.15) is 16.8 Å². The molecule has 2 aliphatic heterocycles. The molecule has 0 radical (unpaired) electrons. The molecule has 1 aromatic rings. The summed E-state index contributed by atoms with van der Waals surface area (Å²) in [6.07, 6.45) is 1.11. The van der Waals surface area contributed by atoms with Crippen molar-refractivity contribution in [3.8, 4) is 0 Å². The summed E-state index contributed by atoms with van der Waals surface area (Å²) in [6.45, 7) is 3.89. The molecule has 2 saturated heterocycles. The van der Waals surface area contributed by atoms with Gasteiger partial charge in [-0.1, -0.05) is 11.6 Å². The van der Waals surface area contributed by atoms with Crippen LogP contribution in [-0.2, 0) is 0 Å². The molecule has 2 aliphatic rings. The normalized spacial score (nSPS) is 26.3. The van der Waals surface area contributed by atoms with Crippen molar-refractivity contribution in [2.24, 2.45) is 11.8 Å². The summed E-state index contributed by atoms with van der Waals surface area (Å²) in [5.41, 5.74) is 0.734. The predicted molar refractivity (Wildman–Crippen MR) is 84.5 cm³/mol. The lowest BCUT2D eigenvalue weighted by atomic mass is 9.88. The van der Waals surface area contributed by atoms with Crippen molar-refractivity contribution in [1.82, 2.24) is 10.2 Å². The van der Waals surface area contributed by atoms with Gasteiger partial charge in [-0.05, 0) is 72.1 Å². The number of nitrogens with zero attached hydrogens (tertiary/aromatic N) is 1. The molecule has 1 aromatic carbocycles. The number of halogens is 2. The number of hydrogen-bond donors (Lipinski definition) is 1. The van der Waals surface area contributed by atoms with Crippen LogP contribution in [0.3, 0.4) is 0 Å². The average Bonchev–Trinajstić information content (AvgIpc) is 2.88. The van der Waals surface area contributed by atoms with E-state index in [0.29, 0.717) is 10.9 Å². The highest BCUT2D eigenvalue weighted by atomic mass is 127. The van der Waals surface area contributed by atoms with Gasteiger partial charge in [0.1, 0.15) is 0 Å². The molecule has 1 amide bonds. The van der Waals surface area contributed by atoms with E-state index < -0.39 is 0 Å². The summed E-state index contributed by atoms with van der Waals surface area (Å²) in [6, 6.07) is 5.51. The molecule has 1 N–H and O–H groups in total. The van der Waals surface area contributed by atoms with Crippen LogP contribution in [0.2, 0.25) is 5.02 Å². The van der Waals surface area contributed by atoms with E-state index in [1.807, 2.05) is 17.0 Å². The van der Waals surface area contributed by atoms with Gasteiger partial charge >= 0.3 is 0 Å². The van der Waals surface area contributed by atoms with Crippen molar-refractivity contribution in [1.29, 1.82) is 0 Å². The number of carbonyl (C=O) groups is 1. The van der Waals surface area contributed by atoms with Crippen molar-refractivity contribution in [3.05, 3.63) is 32.4 Å². The van der Waals surface area contributed by atoms with Gasteiger partial charge in [0.05, 0.1) is 5.56 Å². The fourth-order valence-electron chi connectivity index (χ4n) is 3.05. The van der Waals surface area contributed by atoms with E-state index in [0.717, 1.165) is 47.7 Å². The molecule has 2 atom stereocenters. The van der Waals surface area contributed by atoms with Gasteiger partial charge in [0.2, 0.25) is 0 Å². The average molecular weight is 391 g/mol. The van der Waals surface area contributed by atoms with Gasteiger partial charge in [-0.2, -0.15) is 0 Å². The van der Waals surface area contributed by atoms with Crippen LogP contribution in [-0.4, -0.2) is 37.0 Å². The third kappa shape index (κ3) is 2.76. The summed E-state index contributed by atoms with van der Waals surface area (Å²) in [4.78, 5) is 14.6. The topological polar surface area (TPSA) is 32.3 Å². The van der Waals surface area contributed by atoms with E-state index in [-0.39, 0.29) is 5.91 Å². The lowest BCUT2D eigenvalue weighted by Gasteiger charge is -2.34. The monoisotopic (exact) mass is 390 g/mol.